The molecule has 0 radical (unpaired) electrons. The molecule has 76 heavy (non-hydrogen) atoms. The fourth-order valence-electron chi connectivity index (χ4n) is 7.88. The van der Waals surface area contributed by atoms with E-state index < -0.39 is 132 Å². The molecule has 2 aliphatic rings. The fourth-order valence-corrected chi connectivity index (χ4v) is 10.2. The van der Waals surface area contributed by atoms with Gasteiger partial charge in [-0.05, 0) is 50.0 Å². The molecular formula is C46H72N16O12S2. The second-order valence-electron chi connectivity index (χ2n) is 18.1. The molecule has 0 aromatic heterocycles. The zero-order valence-electron chi connectivity index (χ0n) is 42.7. The Morgan fingerprint density at radius 1 is 0.737 bits per heavy atom. The molecule has 2 saturated heterocycles. The lowest BCUT2D eigenvalue weighted by Gasteiger charge is -2.32. The molecule has 9 atom stereocenters. The molecule has 1 aromatic carbocycles. The van der Waals surface area contributed by atoms with Crippen LogP contribution >= 0.6 is 21.6 Å². The van der Waals surface area contributed by atoms with Crippen LogP contribution in [0, 0.1) is 5.92 Å². The number of guanidine groups is 2. The number of rotatable bonds is 16. The number of hydrogen-bond donors (Lipinski definition) is 14. The number of carboxylic acids is 1. The van der Waals surface area contributed by atoms with Gasteiger partial charge in [0, 0.05) is 44.5 Å². The lowest BCUT2D eigenvalue weighted by Crippen LogP contribution is -2.60. The van der Waals surface area contributed by atoms with E-state index in [0.717, 1.165) is 21.6 Å². The Bertz CT molecular complexity index is 2290. The predicted octanol–water partition coefficient (Wildman–Crippen LogP) is -4.74. The van der Waals surface area contributed by atoms with Crippen LogP contribution in [0.5, 0.6) is 0 Å². The molecule has 0 spiro atoms. The summed E-state index contributed by atoms with van der Waals surface area (Å²) in [4.78, 5) is 158. The van der Waals surface area contributed by atoms with Crippen molar-refractivity contribution in [3.63, 3.8) is 0 Å². The third-order valence-electron chi connectivity index (χ3n) is 12.0. The quantitative estimate of drug-likeness (QED) is 0.0320. The Labute approximate surface area is 447 Å². The number of fused-ring (bicyclic) bond motifs is 1. The Hall–Kier alpha value is -7.37. The van der Waals surface area contributed by atoms with E-state index in [1.54, 1.807) is 44.2 Å². The molecule has 0 aliphatic carbocycles. The third kappa shape index (κ3) is 21.8. The summed E-state index contributed by atoms with van der Waals surface area (Å²) in [6, 6.07) is -2.69. The van der Waals surface area contributed by atoms with Crippen LogP contribution in [0.1, 0.15) is 77.7 Å². The SMILES string of the molecule is CC[C@H](C)[C@@H]1NC(=O)[C@@H](NC(C)=O)CSSC[C@@H](C(N)=O)NC(=O)[C@H](CCCN=C(N)N)NC(=O)[C@H](Cc2ccccc2)NC(=O)[C@H](CC(=O)O)NC(=O)CNC(=O)[C@H](CCCN=C(N)N)NC(=O)[C@@H]2CCCN2C1=O. The number of aliphatic imine (C=N–C) groups is 2. The number of nitrogens with one attached hydrogen (secondary N) is 8. The van der Waals surface area contributed by atoms with Crippen molar-refractivity contribution in [2.45, 2.75) is 127 Å². The Morgan fingerprint density at radius 2 is 1.30 bits per heavy atom. The van der Waals surface area contributed by atoms with Crippen LogP contribution in [0.15, 0.2) is 40.3 Å². The highest BCUT2D eigenvalue weighted by atomic mass is 33.1. The van der Waals surface area contributed by atoms with Gasteiger partial charge in [-0.25, -0.2) is 0 Å². The number of benzene rings is 1. The van der Waals surface area contributed by atoms with Crippen LogP contribution < -0.4 is 71.2 Å². The van der Waals surface area contributed by atoms with Crippen LogP contribution in [0.4, 0.5) is 0 Å². The van der Waals surface area contributed by atoms with Gasteiger partial charge in [0.25, 0.3) is 0 Å². The van der Waals surface area contributed by atoms with Gasteiger partial charge in [-0.3, -0.25) is 62.7 Å². The first-order valence-electron chi connectivity index (χ1n) is 24.6. The maximum absolute atomic E-state index is 14.4. The van der Waals surface area contributed by atoms with Crippen molar-refractivity contribution in [1.82, 2.24) is 47.4 Å². The number of amides is 10. The largest absolute Gasteiger partial charge is 0.481 e. The average Bonchev–Trinajstić information content (AvgIpc) is 3.86. The van der Waals surface area contributed by atoms with Crippen molar-refractivity contribution in [2.24, 2.45) is 44.6 Å². The van der Waals surface area contributed by atoms with E-state index in [9.17, 15) is 57.8 Å². The minimum atomic E-state index is -1.83. The molecule has 28 nitrogen and oxygen atoms in total. The van der Waals surface area contributed by atoms with Crippen LogP contribution in [0.3, 0.4) is 0 Å². The molecule has 2 heterocycles. The number of carbonyl (C=O) groups excluding carboxylic acids is 10. The normalized spacial score (nSPS) is 24.6. The van der Waals surface area contributed by atoms with Gasteiger partial charge in [0.2, 0.25) is 59.1 Å². The topological polar surface area (TPSA) is 462 Å². The van der Waals surface area contributed by atoms with Crippen LogP contribution in [0.2, 0.25) is 0 Å². The van der Waals surface area contributed by atoms with Gasteiger partial charge in [-0.1, -0.05) is 72.2 Å². The zero-order chi connectivity index (χ0) is 56.5. The van der Waals surface area contributed by atoms with Gasteiger partial charge in [0.15, 0.2) is 11.9 Å². The summed E-state index contributed by atoms with van der Waals surface area (Å²) in [6.07, 6.45) is -0.158. The van der Waals surface area contributed by atoms with E-state index in [-0.39, 0.29) is 81.6 Å². The summed E-state index contributed by atoms with van der Waals surface area (Å²) >= 11 is 0. The standard InChI is InChI=1S/C46H72N16O12S2/c1-4-24(2)36-44(74)62-18-10-15-33(62)43(73)58-27(13-8-16-52-45(48)49)38(68)54-21-34(64)56-30(20-35(65)66)41(71)59-29(19-26-11-6-5-7-12-26)40(70)57-28(14-9-17-53-46(50)51)39(69)60-31(37(47)67)22-75-76-23-32(42(72)61-36)55-25(3)63/h5-7,11-12,24,27-33,36H,4,8-10,13-23H2,1-3H3,(H2,47,67)(H,54,68)(H,55,63)(H,56,64)(H,57,70)(H,58,73)(H,59,71)(H,60,69)(H,61,72)(H,65,66)(H4,48,49,52)(H4,50,51,53)/t24-,27-,28-,29-,30-,31-,32-,33-,36-/m0/s1. The Balaban J connectivity index is 2.11. The smallest absolute Gasteiger partial charge is 0.305 e. The zero-order valence-corrected chi connectivity index (χ0v) is 44.3. The van der Waals surface area contributed by atoms with E-state index in [4.69, 9.17) is 28.7 Å². The summed E-state index contributed by atoms with van der Waals surface area (Å²) in [7, 11) is 2.04. The second kappa shape index (κ2) is 32.2. The molecule has 1 aromatic rings. The molecule has 0 unspecified atom stereocenters. The molecule has 30 heteroatoms. The van der Waals surface area contributed by atoms with Crippen molar-refractivity contribution in [2.75, 3.05) is 37.7 Å². The highest BCUT2D eigenvalue weighted by Crippen LogP contribution is 2.25. The molecule has 0 saturated carbocycles. The summed E-state index contributed by atoms with van der Waals surface area (Å²) < 4.78 is 0. The summed E-state index contributed by atoms with van der Waals surface area (Å²) in [5.41, 5.74) is 28.2. The van der Waals surface area contributed by atoms with Crippen LogP contribution in [0.25, 0.3) is 0 Å². The van der Waals surface area contributed by atoms with Crippen molar-refractivity contribution in [3.05, 3.63) is 35.9 Å². The van der Waals surface area contributed by atoms with Gasteiger partial charge in [0.05, 0.1) is 13.0 Å². The van der Waals surface area contributed by atoms with E-state index >= 15 is 0 Å². The number of carboxylic acid groups (broad SMARTS) is 1. The number of primary amides is 1. The van der Waals surface area contributed by atoms with Crippen molar-refractivity contribution in [3.8, 4) is 0 Å². The van der Waals surface area contributed by atoms with Gasteiger partial charge in [-0.15, -0.1) is 0 Å². The molecule has 0 bridgehead atoms. The molecular weight excluding hydrogens is 1030 g/mol. The molecule has 19 N–H and O–H groups in total. The summed E-state index contributed by atoms with van der Waals surface area (Å²) in [6.45, 7) is 4.04. The molecule has 3 rings (SSSR count). The number of nitrogens with zero attached hydrogens (tertiary/aromatic N) is 3. The number of carbonyl (C=O) groups is 11. The third-order valence-corrected chi connectivity index (χ3v) is 14.5. The molecule has 10 amide bonds. The second-order valence-corrected chi connectivity index (χ2v) is 20.6. The van der Waals surface area contributed by atoms with Crippen LogP contribution in [-0.4, -0.2) is 173 Å². The Kier molecular flexibility index (Phi) is 26.6. The molecule has 2 fully saturated rings. The lowest BCUT2D eigenvalue weighted by molar-refractivity contribution is -0.143. The summed E-state index contributed by atoms with van der Waals surface area (Å²) in [5, 5.41) is 30.1. The first kappa shape index (κ1) is 62.9. The van der Waals surface area contributed by atoms with Crippen LogP contribution in [-0.2, 0) is 59.2 Å². The first-order valence-corrected chi connectivity index (χ1v) is 27.1. The lowest BCUT2D eigenvalue weighted by atomic mass is 9.97. The highest BCUT2D eigenvalue weighted by Gasteiger charge is 2.41. The monoisotopic (exact) mass is 1100 g/mol. The van der Waals surface area contributed by atoms with Gasteiger partial charge < -0.3 is 81.2 Å². The van der Waals surface area contributed by atoms with E-state index in [1.165, 1.54) is 11.8 Å². The predicted molar refractivity (Wildman–Crippen MR) is 283 cm³/mol. The van der Waals surface area contributed by atoms with E-state index in [1.807, 2.05) is 0 Å². The molecule has 420 valence electrons. The average molecular weight is 1110 g/mol. The minimum Gasteiger partial charge on any atom is -0.481 e. The van der Waals surface area contributed by atoms with Gasteiger partial charge >= 0.3 is 5.97 Å². The fraction of sp³-hybridized carbons (Fsp3) is 0.587. The van der Waals surface area contributed by atoms with Gasteiger partial charge in [-0.2, -0.15) is 0 Å². The summed E-state index contributed by atoms with van der Waals surface area (Å²) in [5.74, 6) is -11.3. The number of aliphatic carboxylic acids is 1. The van der Waals surface area contributed by atoms with Crippen molar-refractivity contribution < 1.29 is 57.8 Å². The maximum Gasteiger partial charge on any atom is 0.305 e. The number of hydrogen-bond acceptors (Lipinski definition) is 15. The van der Waals surface area contributed by atoms with E-state index in [0.29, 0.717) is 18.4 Å². The van der Waals surface area contributed by atoms with Crippen molar-refractivity contribution >= 4 is 98.5 Å². The molecule has 2 aliphatic heterocycles. The maximum atomic E-state index is 14.4. The van der Waals surface area contributed by atoms with Crippen molar-refractivity contribution in [1.29, 1.82) is 0 Å². The highest BCUT2D eigenvalue weighted by molar-refractivity contribution is 8.76. The van der Waals surface area contributed by atoms with Gasteiger partial charge in [0.1, 0.15) is 48.3 Å². The minimum absolute atomic E-state index is 0.0116. The van der Waals surface area contributed by atoms with E-state index in [2.05, 4.69) is 52.5 Å². The number of nitrogens with two attached hydrogens (primary N) is 5. The Morgan fingerprint density at radius 3 is 1.88 bits per heavy atom. The first-order chi connectivity index (χ1) is 36.0.